The van der Waals surface area contributed by atoms with Gasteiger partial charge in [0.25, 0.3) is 0 Å². The fourth-order valence-electron chi connectivity index (χ4n) is 1.92. The van der Waals surface area contributed by atoms with Crippen molar-refractivity contribution in [3.8, 4) is 0 Å². The molecule has 0 aliphatic heterocycles. The Morgan fingerprint density at radius 2 is 1.71 bits per heavy atom. The zero-order valence-corrected chi connectivity index (χ0v) is 11.9. The molecule has 0 aliphatic rings. The number of hydrogen-bond donors (Lipinski definition) is 1. The Labute approximate surface area is 106 Å². The van der Waals surface area contributed by atoms with Gasteiger partial charge in [-0.2, -0.15) is 0 Å². The molecule has 0 fully saturated rings. The van der Waals surface area contributed by atoms with E-state index in [1.807, 2.05) is 0 Å². The van der Waals surface area contributed by atoms with E-state index in [-0.39, 0.29) is 0 Å². The van der Waals surface area contributed by atoms with E-state index >= 15 is 0 Å². The summed E-state index contributed by atoms with van der Waals surface area (Å²) < 4.78 is 0. The van der Waals surface area contributed by atoms with Crippen molar-refractivity contribution in [2.24, 2.45) is 0 Å². The second-order valence-corrected chi connectivity index (χ2v) is 4.73. The Kier molecular flexibility index (Phi) is 5.43. The van der Waals surface area contributed by atoms with E-state index < -0.39 is 0 Å². The van der Waals surface area contributed by atoms with Crippen LogP contribution in [0, 0.1) is 20.8 Å². The van der Waals surface area contributed by atoms with Crippen molar-refractivity contribution < 1.29 is 0 Å². The third-order valence-corrected chi connectivity index (χ3v) is 3.30. The van der Waals surface area contributed by atoms with Crippen LogP contribution in [0.1, 0.15) is 42.5 Å². The Hall–Kier alpha value is -1.08. The van der Waals surface area contributed by atoms with Crippen LogP contribution in [0.25, 0.3) is 6.08 Å². The molecule has 1 aromatic carbocycles. The summed E-state index contributed by atoms with van der Waals surface area (Å²) in [7, 11) is 0. The molecule has 94 valence electrons. The Morgan fingerprint density at radius 3 is 2.29 bits per heavy atom. The Bertz CT molecular complexity index is 402. The minimum absolute atomic E-state index is 0.999. The van der Waals surface area contributed by atoms with Crippen LogP contribution in [0.4, 0.5) is 0 Å². The van der Waals surface area contributed by atoms with Crippen LogP contribution in [-0.4, -0.2) is 13.1 Å². The summed E-state index contributed by atoms with van der Waals surface area (Å²) >= 11 is 0. The van der Waals surface area contributed by atoms with Gasteiger partial charge in [0.2, 0.25) is 0 Å². The zero-order valence-electron chi connectivity index (χ0n) is 11.9. The van der Waals surface area contributed by atoms with Crippen molar-refractivity contribution >= 4 is 6.08 Å². The van der Waals surface area contributed by atoms with E-state index in [9.17, 15) is 0 Å². The highest BCUT2D eigenvalue weighted by atomic mass is 14.8. The molecular weight excluding hydrogens is 206 g/mol. The molecule has 0 radical (unpaired) electrons. The van der Waals surface area contributed by atoms with Gasteiger partial charge in [-0.15, -0.1) is 0 Å². The van der Waals surface area contributed by atoms with Crippen molar-refractivity contribution in [1.29, 1.82) is 0 Å². The summed E-state index contributed by atoms with van der Waals surface area (Å²) in [6.07, 6.45) is 3.45. The summed E-state index contributed by atoms with van der Waals surface area (Å²) in [5.41, 5.74) is 6.96. The number of rotatable bonds is 5. The van der Waals surface area contributed by atoms with Crippen molar-refractivity contribution in [2.45, 2.75) is 41.0 Å². The Morgan fingerprint density at radius 1 is 1.06 bits per heavy atom. The van der Waals surface area contributed by atoms with Crippen LogP contribution in [0.15, 0.2) is 17.7 Å². The van der Waals surface area contributed by atoms with E-state index in [0.717, 1.165) is 19.5 Å². The number of likely N-dealkylation sites (N-methyl/N-ethyl adjacent to an activating group) is 1. The molecule has 0 aromatic heterocycles. The maximum Gasteiger partial charge on any atom is 0.0167 e. The lowest BCUT2D eigenvalue weighted by Gasteiger charge is -2.10. The molecular formula is C16H25N. The van der Waals surface area contributed by atoms with Gasteiger partial charge in [0.15, 0.2) is 0 Å². The van der Waals surface area contributed by atoms with E-state index in [0.29, 0.717) is 0 Å². The van der Waals surface area contributed by atoms with Crippen molar-refractivity contribution in [1.82, 2.24) is 5.32 Å². The molecule has 0 atom stereocenters. The van der Waals surface area contributed by atoms with Gasteiger partial charge in [0.05, 0.1) is 0 Å². The van der Waals surface area contributed by atoms with E-state index in [1.54, 1.807) is 0 Å². The largest absolute Gasteiger partial charge is 0.313 e. The first-order chi connectivity index (χ1) is 8.08. The van der Waals surface area contributed by atoms with Crippen LogP contribution >= 0.6 is 0 Å². The molecule has 0 heterocycles. The standard InChI is InChI=1S/C16H25N/c1-6-15(11-17-7-2)10-16-9-13(4)12(3)8-14(16)5/h8-10,17H,6-7,11H2,1-5H3. The molecule has 17 heavy (non-hydrogen) atoms. The molecule has 0 bridgehead atoms. The first-order valence-electron chi connectivity index (χ1n) is 6.56. The highest BCUT2D eigenvalue weighted by Gasteiger charge is 2.01. The van der Waals surface area contributed by atoms with Crippen molar-refractivity contribution in [3.05, 3.63) is 40.0 Å². The van der Waals surface area contributed by atoms with E-state index in [1.165, 1.54) is 27.8 Å². The summed E-state index contributed by atoms with van der Waals surface area (Å²) in [6.45, 7) is 13.0. The minimum Gasteiger partial charge on any atom is -0.313 e. The van der Waals surface area contributed by atoms with Gasteiger partial charge in [-0.25, -0.2) is 0 Å². The molecule has 0 unspecified atom stereocenters. The first kappa shape index (κ1) is 14.0. The number of nitrogens with one attached hydrogen (secondary N) is 1. The monoisotopic (exact) mass is 231 g/mol. The summed E-state index contributed by atoms with van der Waals surface area (Å²) in [5, 5.41) is 3.40. The Balaban J connectivity index is 2.98. The highest BCUT2D eigenvalue weighted by molar-refractivity contribution is 5.58. The van der Waals surface area contributed by atoms with Crippen molar-refractivity contribution in [2.75, 3.05) is 13.1 Å². The second kappa shape index (κ2) is 6.61. The van der Waals surface area contributed by atoms with Crippen LogP contribution in [0.3, 0.4) is 0 Å². The minimum atomic E-state index is 0.999. The van der Waals surface area contributed by atoms with Gasteiger partial charge in [0.1, 0.15) is 0 Å². The van der Waals surface area contributed by atoms with E-state index in [2.05, 4.69) is 58.1 Å². The topological polar surface area (TPSA) is 12.0 Å². The average molecular weight is 231 g/mol. The smallest absolute Gasteiger partial charge is 0.0167 e. The lowest BCUT2D eigenvalue weighted by atomic mass is 9.98. The molecule has 1 nitrogen and oxygen atoms in total. The summed E-state index contributed by atoms with van der Waals surface area (Å²) in [6, 6.07) is 4.58. The average Bonchev–Trinajstić information content (AvgIpc) is 2.30. The molecule has 0 amide bonds. The van der Waals surface area contributed by atoms with Gasteiger partial charge in [-0.05, 0) is 56.0 Å². The van der Waals surface area contributed by atoms with Crippen LogP contribution < -0.4 is 5.32 Å². The molecule has 0 saturated carbocycles. The van der Waals surface area contributed by atoms with Gasteiger partial charge >= 0.3 is 0 Å². The third kappa shape index (κ3) is 4.01. The van der Waals surface area contributed by atoms with Gasteiger partial charge in [0, 0.05) is 6.54 Å². The summed E-state index contributed by atoms with van der Waals surface area (Å²) in [5.74, 6) is 0. The number of aryl methyl sites for hydroxylation is 3. The lowest BCUT2D eigenvalue weighted by molar-refractivity contribution is 0.762. The van der Waals surface area contributed by atoms with Gasteiger partial charge < -0.3 is 5.32 Å². The van der Waals surface area contributed by atoms with Crippen LogP contribution in [0.2, 0.25) is 0 Å². The second-order valence-electron chi connectivity index (χ2n) is 4.73. The predicted molar refractivity (Wildman–Crippen MR) is 77.5 cm³/mol. The molecule has 0 saturated heterocycles. The fraction of sp³-hybridized carbons (Fsp3) is 0.500. The summed E-state index contributed by atoms with van der Waals surface area (Å²) in [4.78, 5) is 0. The SMILES string of the molecule is CCNCC(=Cc1cc(C)c(C)cc1C)CC. The van der Waals surface area contributed by atoms with Gasteiger partial charge in [-0.3, -0.25) is 0 Å². The third-order valence-electron chi connectivity index (χ3n) is 3.30. The maximum atomic E-state index is 3.40. The quantitative estimate of drug-likeness (QED) is 0.807. The van der Waals surface area contributed by atoms with Crippen LogP contribution in [0.5, 0.6) is 0 Å². The number of hydrogen-bond acceptors (Lipinski definition) is 1. The number of benzene rings is 1. The fourth-order valence-corrected chi connectivity index (χ4v) is 1.92. The van der Waals surface area contributed by atoms with Gasteiger partial charge in [-0.1, -0.05) is 37.6 Å². The zero-order chi connectivity index (χ0) is 12.8. The molecule has 1 N–H and O–H groups in total. The first-order valence-corrected chi connectivity index (χ1v) is 6.56. The molecule has 0 spiro atoms. The lowest BCUT2D eigenvalue weighted by Crippen LogP contribution is -2.15. The van der Waals surface area contributed by atoms with Crippen LogP contribution in [-0.2, 0) is 0 Å². The normalized spacial score (nSPS) is 11.9. The molecule has 1 aromatic rings. The maximum absolute atomic E-state index is 3.40. The molecule has 0 aliphatic carbocycles. The molecule has 1 heteroatoms. The van der Waals surface area contributed by atoms with E-state index in [4.69, 9.17) is 0 Å². The van der Waals surface area contributed by atoms with Crippen molar-refractivity contribution in [3.63, 3.8) is 0 Å². The highest BCUT2D eigenvalue weighted by Crippen LogP contribution is 2.18. The molecule has 1 rings (SSSR count). The predicted octanol–water partition coefficient (Wildman–Crippen LogP) is 4.01.